The van der Waals surface area contributed by atoms with E-state index in [9.17, 15) is 0 Å². The highest BCUT2D eigenvalue weighted by atomic mass is 35.5. The quantitative estimate of drug-likeness (QED) is 0.448. The molecule has 0 saturated carbocycles. The van der Waals surface area contributed by atoms with Crippen molar-refractivity contribution in [3.05, 3.63) is 35.9 Å². The molecule has 0 atom stereocenters. The monoisotopic (exact) mass is 262 g/mol. The summed E-state index contributed by atoms with van der Waals surface area (Å²) in [6, 6.07) is 10.4. The maximum Gasteiger partial charge on any atom is 0.463 e. The standard InChI is InChI=1S/C8H7N2S3.ClH/c1-2-4-7(5-3-1)6-11-8-9-12-13-10-8;/h1-5H,6H2;1H/q+1;/p-1. The van der Waals surface area contributed by atoms with Gasteiger partial charge in [0.15, 0.2) is 0 Å². The van der Waals surface area contributed by atoms with Gasteiger partial charge in [-0.05, 0) is 5.56 Å². The average Bonchev–Trinajstić information content (AvgIpc) is 2.69. The molecule has 0 N–H and O–H groups in total. The minimum Gasteiger partial charge on any atom is -1.00 e. The van der Waals surface area contributed by atoms with Crippen LogP contribution in [0.5, 0.6) is 0 Å². The summed E-state index contributed by atoms with van der Waals surface area (Å²) in [6.45, 7) is 0. The molecule has 0 unspecified atom stereocenters. The zero-order chi connectivity index (χ0) is 8.93. The van der Waals surface area contributed by atoms with Gasteiger partial charge < -0.3 is 12.4 Å². The fraction of sp³-hybridized carbons (Fsp3) is 0.125. The predicted octanol–water partition coefficient (Wildman–Crippen LogP) is 0.177. The molecule has 14 heavy (non-hydrogen) atoms. The number of thioether (sulfide) groups is 1. The summed E-state index contributed by atoms with van der Waals surface area (Å²) in [5, 5.41) is 0.888. The molecule has 1 aromatic heterocycles. The molecule has 0 radical (unpaired) electrons. The van der Waals surface area contributed by atoms with E-state index in [1.54, 1.807) is 11.8 Å². The lowest BCUT2D eigenvalue weighted by Gasteiger charge is -1.94. The highest BCUT2D eigenvalue weighted by molar-refractivity contribution is 7.98. The summed E-state index contributed by atoms with van der Waals surface area (Å²) in [5.74, 6) is 0.949. The van der Waals surface area contributed by atoms with Crippen molar-refractivity contribution in [2.24, 2.45) is 0 Å². The van der Waals surface area contributed by atoms with Crippen LogP contribution in [0, 0.1) is 0 Å². The third kappa shape index (κ3) is 3.49. The first kappa shape index (κ1) is 11.8. The molecule has 1 aromatic carbocycles. The lowest BCUT2D eigenvalue weighted by atomic mass is 10.2. The molecular formula is C8H7ClN2S3. The highest BCUT2D eigenvalue weighted by Crippen LogP contribution is 2.20. The third-order valence-electron chi connectivity index (χ3n) is 1.47. The van der Waals surface area contributed by atoms with Crippen LogP contribution in [0.3, 0.4) is 0 Å². The lowest BCUT2D eigenvalue weighted by molar-refractivity contribution is -0.00000260. The summed E-state index contributed by atoms with van der Waals surface area (Å²) in [4.78, 5) is 0. The van der Waals surface area contributed by atoms with E-state index in [0.29, 0.717) is 0 Å². The molecule has 0 aliphatic heterocycles. The van der Waals surface area contributed by atoms with Crippen LogP contribution >= 0.6 is 32.8 Å². The lowest BCUT2D eigenvalue weighted by Crippen LogP contribution is -3.00. The molecule has 1 heterocycles. The van der Waals surface area contributed by atoms with Gasteiger partial charge in [-0.25, -0.2) is 0 Å². The van der Waals surface area contributed by atoms with Crippen LogP contribution in [-0.2, 0) is 5.75 Å². The summed E-state index contributed by atoms with van der Waals surface area (Å²) in [6.07, 6.45) is 0. The van der Waals surface area contributed by atoms with Gasteiger partial charge in [0.2, 0.25) is 0 Å². The SMILES string of the molecule is [Cl-].c1ccc(CSc2ns[s+]n2)cc1. The minimum absolute atomic E-state index is 0. The van der Waals surface area contributed by atoms with Gasteiger partial charge in [-0.2, -0.15) is 0 Å². The Labute approximate surface area is 101 Å². The average molecular weight is 263 g/mol. The zero-order valence-corrected chi connectivity index (χ0v) is 10.3. The highest BCUT2D eigenvalue weighted by Gasteiger charge is 2.06. The molecule has 0 spiro atoms. The largest absolute Gasteiger partial charge is 1.00 e. The normalized spacial score (nSPS) is 9.43. The zero-order valence-electron chi connectivity index (χ0n) is 7.09. The van der Waals surface area contributed by atoms with Crippen molar-refractivity contribution in [1.29, 1.82) is 0 Å². The maximum absolute atomic E-state index is 4.14. The number of hydrogen-bond donors (Lipinski definition) is 0. The molecular weight excluding hydrogens is 256 g/mol. The first-order valence-electron chi connectivity index (χ1n) is 3.74. The number of hydrogen-bond acceptors (Lipinski definition) is 4. The Morgan fingerprint density at radius 2 is 2.07 bits per heavy atom. The molecule has 2 nitrogen and oxygen atoms in total. The molecule has 0 aliphatic rings. The molecule has 0 amide bonds. The third-order valence-corrected chi connectivity index (χ3v) is 3.83. The van der Waals surface area contributed by atoms with Crippen LogP contribution in [-0.4, -0.2) is 8.75 Å². The number of halogens is 1. The van der Waals surface area contributed by atoms with Gasteiger partial charge in [-0.3, -0.25) is 0 Å². The Kier molecular flexibility index (Phi) is 5.32. The van der Waals surface area contributed by atoms with Crippen molar-refractivity contribution in [2.45, 2.75) is 10.9 Å². The molecule has 0 bridgehead atoms. The molecule has 2 aromatic rings. The predicted molar refractivity (Wildman–Crippen MR) is 58.2 cm³/mol. The molecule has 0 aliphatic carbocycles. The van der Waals surface area contributed by atoms with Gasteiger partial charge in [0.25, 0.3) is 5.16 Å². The summed E-state index contributed by atoms with van der Waals surface area (Å²) < 4.78 is 8.29. The van der Waals surface area contributed by atoms with Gasteiger partial charge in [0.05, 0.1) is 4.37 Å². The fourth-order valence-electron chi connectivity index (χ4n) is 0.889. The Bertz CT molecular complexity index is 352. The van der Waals surface area contributed by atoms with Crippen LogP contribution in [0.25, 0.3) is 0 Å². The Hall–Kier alpha value is -0.230. The summed E-state index contributed by atoms with van der Waals surface area (Å²) in [5.41, 5.74) is 1.31. The van der Waals surface area contributed by atoms with Crippen LogP contribution < -0.4 is 12.4 Å². The van der Waals surface area contributed by atoms with Gasteiger partial charge in [0.1, 0.15) is 0 Å². The van der Waals surface area contributed by atoms with E-state index in [1.807, 2.05) is 18.2 Å². The van der Waals surface area contributed by atoms with E-state index in [0.717, 1.165) is 10.9 Å². The first-order valence-corrected chi connectivity index (χ1v) is 6.79. The second-order valence-corrected chi connectivity index (χ2v) is 4.89. The van der Waals surface area contributed by atoms with E-state index < -0.39 is 0 Å². The maximum atomic E-state index is 4.14. The number of aromatic nitrogens is 2. The molecule has 6 heteroatoms. The van der Waals surface area contributed by atoms with Crippen molar-refractivity contribution in [1.82, 2.24) is 8.75 Å². The van der Waals surface area contributed by atoms with Gasteiger partial charge in [0, 0.05) is 5.75 Å². The van der Waals surface area contributed by atoms with Crippen LogP contribution in [0.1, 0.15) is 5.56 Å². The van der Waals surface area contributed by atoms with Crippen molar-refractivity contribution < 1.29 is 12.4 Å². The smallest absolute Gasteiger partial charge is 0.463 e. The summed E-state index contributed by atoms with van der Waals surface area (Å²) >= 11 is 1.68. The first-order chi connectivity index (χ1) is 6.45. The molecule has 2 rings (SSSR count). The molecule has 74 valence electrons. The van der Waals surface area contributed by atoms with Crippen molar-refractivity contribution in [3.63, 3.8) is 0 Å². The Morgan fingerprint density at radius 3 is 2.71 bits per heavy atom. The van der Waals surface area contributed by atoms with Crippen molar-refractivity contribution >= 4 is 32.8 Å². The number of rotatable bonds is 3. The van der Waals surface area contributed by atoms with Crippen LogP contribution in [0.15, 0.2) is 35.5 Å². The topological polar surface area (TPSA) is 25.8 Å². The van der Waals surface area contributed by atoms with Gasteiger partial charge in [-0.1, -0.05) is 42.1 Å². The van der Waals surface area contributed by atoms with Crippen LogP contribution in [0.4, 0.5) is 0 Å². The summed E-state index contributed by atoms with van der Waals surface area (Å²) in [7, 11) is 2.87. The van der Waals surface area contributed by atoms with E-state index in [2.05, 4.69) is 20.9 Å². The second-order valence-electron chi connectivity index (χ2n) is 2.39. The van der Waals surface area contributed by atoms with E-state index in [4.69, 9.17) is 0 Å². The molecule has 0 saturated heterocycles. The number of benzene rings is 1. The van der Waals surface area contributed by atoms with E-state index in [1.165, 1.54) is 26.6 Å². The van der Waals surface area contributed by atoms with Crippen molar-refractivity contribution in [2.75, 3.05) is 0 Å². The molecule has 0 fully saturated rings. The van der Waals surface area contributed by atoms with E-state index >= 15 is 0 Å². The van der Waals surface area contributed by atoms with Crippen LogP contribution in [0.2, 0.25) is 0 Å². The number of nitrogens with zero attached hydrogens (tertiary/aromatic N) is 2. The van der Waals surface area contributed by atoms with Crippen molar-refractivity contribution in [3.8, 4) is 0 Å². The van der Waals surface area contributed by atoms with Gasteiger partial charge >= 0.3 is 21.1 Å². The second kappa shape index (κ2) is 6.29. The van der Waals surface area contributed by atoms with Gasteiger partial charge in [-0.15, -0.1) is 4.37 Å². The fourth-order valence-corrected chi connectivity index (χ4v) is 3.26. The van der Waals surface area contributed by atoms with E-state index in [-0.39, 0.29) is 12.4 Å². The Morgan fingerprint density at radius 1 is 1.29 bits per heavy atom. The Balaban J connectivity index is 0.000000980. The minimum atomic E-state index is 0.